The number of rotatable bonds is 2. The van der Waals surface area contributed by atoms with E-state index in [2.05, 4.69) is 27.0 Å². The van der Waals surface area contributed by atoms with Crippen LogP contribution in [-0.4, -0.2) is 35.6 Å². The van der Waals surface area contributed by atoms with Gasteiger partial charge in [0.2, 0.25) is 0 Å². The van der Waals surface area contributed by atoms with Crippen LogP contribution in [0.3, 0.4) is 0 Å². The van der Waals surface area contributed by atoms with Crippen molar-refractivity contribution in [3.63, 3.8) is 0 Å². The van der Waals surface area contributed by atoms with Gasteiger partial charge in [0.15, 0.2) is 6.04 Å². The van der Waals surface area contributed by atoms with E-state index < -0.39 is 6.04 Å². The van der Waals surface area contributed by atoms with Crippen LogP contribution in [0.5, 0.6) is 0 Å². The number of esters is 1. The Balaban J connectivity index is 1.80. The number of hydrogen-bond donors (Lipinski definition) is 0. The van der Waals surface area contributed by atoms with E-state index in [1.165, 1.54) is 11.1 Å². The number of carbonyl (C=O) groups excluding carboxylic acids is 1. The molecule has 0 saturated heterocycles. The SMILES string of the molecule is CCOC(=O)C1N=C2C=NC=CN2C2c3ccccc3CC12. The highest BCUT2D eigenvalue weighted by atomic mass is 16.5. The van der Waals surface area contributed by atoms with Crippen LogP contribution in [0.2, 0.25) is 0 Å². The molecule has 1 aromatic carbocycles. The molecule has 0 radical (unpaired) electrons. The van der Waals surface area contributed by atoms with Crippen molar-refractivity contribution in [1.29, 1.82) is 0 Å². The van der Waals surface area contributed by atoms with Crippen LogP contribution in [0.1, 0.15) is 24.1 Å². The maximum atomic E-state index is 12.4. The quantitative estimate of drug-likeness (QED) is 0.785. The molecule has 0 spiro atoms. The molecule has 1 aromatic rings. The van der Waals surface area contributed by atoms with Crippen LogP contribution in [0.4, 0.5) is 0 Å². The van der Waals surface area contributed by atoms with E-state index in [1.807, 2.05) is 25.3 Å². The molecule has 5 heteroatoms. The first-order valence-electron chi connectivity index (χ1n) is 7.60. The van der Waals surface area contributed by atoms with Gasteiger partial charge in [-0.05, 0) is 24.5 Å². The zero-order valence-electron chi connectivity index (χ0n) is 12.3. The Hall–Kier alpha value is -2.43. The molecule has 22 heavy (non-hydrogen) atoms. The summed E-state index contributed by atoms with van der Waals surface area (Å²) in [6.07, 6.45) is 6.27. The van der Waals surface area contributed by atoms with Crippen molar-refractivity contribution in [3.05, 3.63) is 47.8 Å². The number of ether oxygens (including phenoxy) is 1. The molecule has 0 fully saturated rings. The zero-order chi connectivity index (χ0) is 15.1. The smallest absolute Gasteiger partial charge is 0.331 e. The fraction of sp³-hybridized carbons (Fsp3) is 0.353. The molecule has 3 aliphatic rings. The highest BCUT2D eigenvalue weighted by Gasteiger charge is 2.47. The molecule has 0 saturated carbocycles. The lowest BCUT2D eigenvalue weighted by molar-refractivity contribution is -0.146. The molecule has 3 unspecified atom stereocenters. The molecule has 0 N–H and O–H groups in total. The van der Waals surface area contributed by atoms with E-state index >= 15 is 0 Å². The van der Waals surface area contributed by atoms with Gasteiger partial charge in [0.25, 0.3) is 0 Å². The second-order valence-corrected chi connectivity index (χ2v) is 5.68. The second-order valence-electron chi connectivity index (χ2n) is 5.68. The zero-order valence-corrected chi connectivity index (χ0v) is 12.3. The molecular weight excluding hydrogens is 278 g/mol. The van der Waals surface area contributed by atoms with Crippen molar-refractivity contribution in [2.24, 2.45) is 15.9 Å². The van der Waals surface area contributed by atoms with Crippen LogP contribution >= 0.6 is 0 Å². The van der Waals surface area contributed by atoms with Gasteiger partial charge in [0.05, 0.1) is 18.9 Å². The third kappa shape index (κ3) is 1.89. The summed E-state index contributed by atoms with van der Waals surface area (Å²) in [6, 6.07) is 8.04. The molecule has 0 aromatic heterocycles. The maximum Gasteiger partial charge on any atom is 0.331 e. The molecule has 2 aliphatic heterocycles. The largest absolute Gasteiger partial charge is 0.464 e. The number of benzene rings is 1. The van der Waals surface area contributed by atoms with Gasteiger partial charge in [0, 0.05) is 18.3 Å². The summed E-state index contributed by atoms with van der Waals surface area (Å²) in [6.45, 7) is 2.20. The number of carbonyl (C=O) groups is 1. The summed E-state index contributed by atoms with van der Waals surface area (Å²) in [5.74, 6) is 0.607. The first-order chi connectivity index (χ1) is 10.8. The molecule has 4 rings (SSSR count). The topological polar surface area (TPSA) is 54.3 Å². The predicted octanol–water partition coefficient (Wildman–Crippen LogP) is 2.10. The summed E-state index contributed by atoms with van der Waals surface area (Å²) in [5.41, 5.74) is 2.56. The fourth-order valence-electron chi connectivity index (χ4n) is 3.64. The molecule has 112 valence electrons. The van der Waals surface area contributed by atoms with E-state index in [0.29, 0.717) is 6.61 Å². The highest BCUT2D eigenvalue weighted by Crippen LogP contribution is 2.45. The second kappa shape index (κ2) is 5.09. The Morgan fingerprint density at radius 1 is 1.41 bits per heavy atom. The Kier molecular flexibility index (Phi) is 3.06. The maximum absolute atomic E-state index is 12.4. The summed E-state index contributed by atoms with van der Waals surface area (Å²) in [7, 11) is 0. The summed E-state index contributed by atoms with van der Waals surface area (Å²) < 4.78 is 5.24. The molecule has 5 nitrogen and oxygen atoms in total. The van der Waals surface area contributed by atoms with Crippen molar-refractivity contribution < 1.29 is 9.53 Å². The third-order valence-electron chi connectivity index (χ3n) is 4.51. The first kappa shape index (κ1) is 13.2. The lowest BCUT2D eigenvalue weighted by Gasteiger charge is -2.39. The van der Waals surface area contributed by atoms with Crippen molar-refractivity contribution in [2.75, 3.05) is 6.61 Å². The van der Waals surface area contributed by atoms with Crippen molar-refractivity contribution >= 4 is 18.0 Å². The summed E-state index contributed by atoms with van der Waals surface area (Å²) >= 11 is 0. The standard InChI is InChI=1S/C17H17N3O2/c1-2-22-17(21)15-13-9-11-5-3-4-6-12(11)16(13)20-8-7-18-10-14(20)19-15/h3-8,10,13,15-16H,2,9H2,1H3. The number of amidine groups is 1. The van der Waals surface area contributed by atoms with Gasteiger partial charge >= 0.3 is 5.97 Å². The fourth-order valence-corrected chi connectivity index (χ4v) is 3.64. The average molecular weight is 295 g/mol. The monoisotopic (exact) mass is 295 g/mol. The minimum Gasteiger partial charge on any atom is -0.464 e. The van der Waals surface area contributed by atoms with Gasteiger partial charge in [-0.1, -0.05) is 24.3 Å². The minimum atomic E-state index is -0.457. The van der Waals surface area contributed by atoms with Crippen LogP contribution < -0.4 is 0 Å². The van der Waals surface area contributed by atoms with Crippen molar-refractivity contribution in [1.82, 2.24) is 4.90 Å². The van der Waals surface area contributed by atoms with Crippen LogP contribution in [0, 0.1) is 5.92 Å². The van der Waals surface area contributed by atoms with E-state index in [9.17, 15) is 4.79 Å². The highest BCUT2D eigenvalue weighted by molar-refractivity contribution is 6.31. The Bertz CT molecular complexity index is 708. The Morgan fingerprint density at radius 3 is 3.14 bits per heavy atom. The molecule has 0 amide bonds. The molecule has 3 atom stereocenters. The Morgan fingerprint density at radius 2 is 2.27 bits per heavy atom. The van der Waals surface area contributed by atoms with Gasteiger partial charge in [-0.15, -0.1) is 0 Å². The van der Waals surface area contributed by atoms with E-state index in [1.54, 1.807) is 12.4 Å². The van der Waals surface area contributed by atoms with Gasteiger partial charge in [0.1, 0.15) is 5.84 Å². The van der Waals surface area contributed by atoms with Crippen LogP contribution in [0.15, 0.2) is 46.7 Å². The van der Waals surface area contributed by atoms with E-state index in [4.69, 9.17) is 4.74 Å². The summed E-state index contributed by atoms with van der Waals surface area (Å²) in [4.78, 5) is 23.2. The molecule has 2 heterocycles. The number of nitrogens with zero attached hydrogens (tertiary/aromatic N) is 3. The molecular formula is C17H17N3O2. The van der Waals surface area contributed by atoms with Gasteiger partial charge < -0.3 is 9.64 Å². The lowest BCUT2D eigenvalue weighted by Crippen LogP contribution is -2.47. The summed E-state index contributed by atoms with van der Waals surface area (Å²) in [5, 5.41) is 0. The van der Waals surface area contributed by atoms with Gasteiger partial charge in [-0.3, -0.25) is 9.98 Å². The molecule has 0 bridgehead atoms. The van der Waals surface area contributed by atoms with Crippen LogP contribution in [0.25, 0.3) is 0 Å². The number of fused-ring (bicyclic) bond motifs is 5. The minimum absolute atomic E-state index is 0.108. The average Bonchev–Trinajstić information content (AvgIpc) is 2.94. The van der Waals surface area contributed by atoms with E-state index in [0.717, 1.165) is 12.3 Å². The van der Waals surface area contributed by atoms with Crippen molar-refractivity contribution in [2.45, 2.75) is 25.4 Å². The van der Waals surface area contributed by atoms with Gasteiger partial charge in [-0.25, -0.2) is 4.79 Å². The van der Waals surface area contributed by atoms with Crippen LogP contribution in [-0.2, 0) is 16.0 Å². The van der Waals surface area contributed by atoms with Crippen molar-refractivity contribution in [3.8, 4) is 0 Å². The third-order valence-corrected chi connectivity index (χ3v) is 4.51. The normalized spacial score (nSPS) is 27.8. The predicted molar refractivity (Wildman–Crippen MR) is 83.7 cm³/mol. The lowest BCUT2D eigenvalue weighted by atomic mass is 9.89. The van der Waals surface area contributed by atoms with Gasteiger partial charge in [-0.2, -0.15) is 0 Å². The Labute approximate surface area is 129 Å². The first-order valence-corrected chi connectivity index (χ1v) is 7.60. The van der Waals surface area contributed by atoms with E-state index in [-0.39, 0.29) is 17.9 Å². The number of aliphatic imine (C=N–C) groups is 2. The number of hydrogen-bond acceptors (Lipinski definition) is 5. The molecule has 1 aliphatic carbocycles.